The molecule has 5 rings (SSSR count). The Labute approximate surface area is 191 Å². The van der Waals surface area contributed by atoms with Crippen molar-refractivity contribution in [2.45, 2.75) is 44.8 Å². The molecule has 1 amide bonds. The van der Waals surface area contributed by atoms with E-state index in [1.165, 1.54) is 17.7 Å². The number of carbonyl (C=O) groups is 2. The number of hydrogen-bond acceptors (Lipinski definition) is 4. The van der Waals surface area contributed by atoms with E-state index >= 15 is 0 Å². The van der Waals surface area contributed by atoms with E-state index in [0.717, 1.165) is 48.1 Å². The number of amides is 1. The average Bonchev–Trinajstić information content (AvgIpc) is 3.35. The molecule has 8 heteroatoms. The summed E-state index contributed by atoms with van der Waals surface area (Å²) in [5, 5.41) is 10.2. The molecule has 3 aromatic rings. The second-order valence-corrected chi connectivity index (χ2v) is 8.95. The third-order valence-corrected chi connectivity index (χ3v) is 6.84. The number of rotatable bonds is 6. The number of fused-ring (bicyclic) bond motifs is 3. The first-order chi connectivity index (χ1) is 16.0. The predicted octanol–water partition coefficient (Wildman–Crippen LogP) is 3.05. The Bertz CT molecular complexity index is 1210. The number of nitrogens with zero attached hydrogens (tertiary/aromatic N) is 4. The second kappa shape index (κ2) is 8.94. The van der Waals surface area contributed by atoms with Crippen molar-refractivity contribution in [2.75, 3.05) is 19.6 Å². The van der Waals surface area contributed by atoms with Gasteiger partial charge >= 0.3 is 5.97 Å². The zero-order valence-corrected chi connectivity index (χ0v) is 18.4. The van der Waals surface area contributed by atoms with E-state index in [2.05, 4.69) is 15.6 Å². The number of likely N-dealkylation sites (tertiary alicyclic amines) is 1. The topological polar surface area (TPSA) is 78.7 Å². The highest BCUT2D eigenvalue weighted by Crippen LogP contribution is 2.31. The Balaban J connectivity index is 1.40. The fourth-order valence-corrected chi connectivity index (χ4v) is 5.27. The van der Waals surface area contributed by atoms with Crippen LogP contribution in [0.25, 0.3) is 11.0 Å². The number of carboxylic acids is 1. The van der Waals surface area contributed by atoms with Gasteiger partial charge in [-0.15, -0.1) is 0 Å². The van der Waals surface area contributed by atoms with E-state index in [1.54, 1.807) is 12.3 Å². The number of aromatic nitrogens is 2. The highest BCUT2D eigenvalue weighted by molar-refractivity contribution is 5.84. The van der Waals surface area contributed by atoms with Crippen molar-refractivity contribution in [2.24, 2.45) is 0 Å². The first-order valence-corrected chi connectivity index (χ1v) is 11.4. The normalized spacial score (nSPS) is 18.6. The molecule has 0 saturated carbocycles. The summed E-state index contributed by atoms with van der Waals surface area (Å²) in [6, 6.07) is 10.5. The van der Waals surface area contributed by atoms with Gasteiger partial charge in [0, 0.05) is 36.4 Å². The number of pyridine rings is 1. The van der Waals surface area contributed by atoms with Crippen molar-refractivity contribution < 1.29 is 19.1 Å². The van der Waals surface area contributed by atoms with Crippen LogP contribution in [0.4, 0.5) is 4.39 Å². The molecule has 0 radical (unpaired) electrons. The summed E-state index contributed by atoms with van der Waals surface area (Å²) < 4.78 is 15.9. The van der Waals surface area contributed by atoms with Crippen LogP contribution in [-0.4, -0.2) is 62.0 Å². The van der Waals surface area contributed by atoms with Gasteiger partial charge in [-0.25, -0.2) is 9.37 Å². The van der Waals surface area contributed by atoms with Crippen LogP contribution in [0, 0.1) is 5.82 Å². The highest BCUT2D eigenvalue weighted by Gasteiger charge is 2.32. The Hall–Kier alpha value is -3.26. The molecule has 4 heterocycles. The summed E-state index contributed by atoms with van der Waals surface area (Å²) in [5.41, 5.74) is 3.93. The van der Waals surface area contributed by atoms with Crippen molar-refractivity contribution in [3.8, 4) is 0 Å². The van der Waals surface area contributed by atoms with E-state index in [0.29, 0.717) is 19.6 Å². The minimum Gasteiger partial charge on any atom is -0.481 e. The van der Waals surface area contributed by atoms with Crippen LogP contribution < -0.4 is 0 Å². The lowest BCUT2D eigenvalue weighted by Crippen LogP contribution is -2.44. The lowest BCUT2D eigenvalue weighted by Gasteiger charge is -2.31. The predicted molar refractivity (Wildman–Crippen MR) is 121 cm³/mol. The van der Waals surface area contributed by atoms with Crippen LogP contribution in [0.1, 0.15) is 36.1 Å². The Morgan fingerprint density at radius 1 is 1.18 bits per heavy atom. The summed E-state index contributed by atoms with van der Waals surface area (Å²) in [5.74, 6) is -1.08. The van der Waals surface area contributed by atoms with E-state index in [4.69, 9.17) is 5.11 Å². The monoisotopic (exact) mass is 450 g/mol. The number of aliphatic carboxylic acids is 1. The van der Waals surface area contributed by atoms with E-state index in [1.807, 2.05) is 21.9 Å². The van der Waals surface area contributed by atoms with E-state index < -0.39 is 5.97 Å². The van der Waals surface area contributed by atoms with Crippen molar-refractivity contribution in [3.05, 3.63) is 65.2 Å². The molecular weight excluding hydrogens is 423 g/mol. The largest absolute Gasteiger partial charge is 0.481 e. The zero-order valence-electron chi connectivity index (χ0n) is 18.4. The van der Waals surface area contributed by atoms with Gasteiger partial charge in [0.15, 0.2) is 0 Å². The van der Waals surface area contributed by atoms with Crippen LogP contribution in [0.5, 0.6) is 0 Å². The van der Waals surface area contributed by atoms with Crippen LogP contribution >= 0.6 is 0 Å². The maximum atomic E-state index is 13.8. The van der Waals surface area contributed by atoms with Gasteiger partial charge in [-0.3, -0.25) is 14.5 Å². The minimum absolute atomic E-state index is 0.0217. The van der Waals surface area contributed by atoms with Gasteiger partial charge in [0.1, 0.15) is 11.5 Å². The lowest BCUT2D eigenvalue weighted by atomic mass is 10.0. The van der Waals surface area contributed by atoms with Crippen LogP contribution in [0.2, 0.25) is 0 Å². The molecule has 33 heavy (non-hydrogen) atoms. The molecule has 1 aromatic carbocycles. The van der Waals surface area contributed by atoms with Crippen molar-refractivity contribution in [1.29, 1.82) is 0 Å². The van der Waals surface area contributed by atoms with Gasteiger partial charge in [-0.05, 0) is 61.2 Å². The van der Waals surface area contributed by atoms with Crippen LogP contribution in [0.15, 0.2) is 42.6 Å². The molecule has 1 saturated heterocycles. The maximum Gasteiger partial charge on any atom is 0.304 e. The fraction of sp³-hybridized carbons (Fsp3) is 0.400. The van der Waals surface area contributed by atoms with Crippen molar-refractivity contribution >= 4 is 22.9 Å². The summed E-state index contributed by atoms with van der Waals surface area (Å²) in [6.45, 7) is 2.58. The first-order valence-electron chi connectivity index (χ1n) is 11.4. The smallest absolute Gasteiger partial charge is 0.304 e. The number of carboxylic acid groups (broad SMARTS) is 1. The first kappa shape index (κ1) is 21.6. The number of benzene rings is 1. The lowest BCUT2D eigenvalue weighted by molar-refractivity contribution is -0.139. The van der Waals surface area contributed by atoms with Gasteiger partial charge < -0.3 is 14.6 Å². The molecule has 1 unspecified atom stereocenters. The Morgan fingerprint density at radius 3 is 2.88 bits per heavy atom. The molecule has 1 N–H and O–H groups in total. The van der Waals surface area contributed by atoms with Gasteiger partial charge in [-0.2, -0.15) is 0 Å². The van der Waals surface area contributed by atoms with Crippen molar-refractivity contribution in [1.82, 2.24) is 19.4 Å². The van der Waals surface area contributed by atoms with Crippen molar-refractivity contribution in [3.63, 3.8) is 0 Å². The fourth-order valence-electron chi connectivity index (χ4n) is 5.27. The molecule has 0 bridgehead atoms. The summed E-state index contributed by atoms with van der Waals surface area (Å²) >= 11 is 0. The third-order valence-electron chi connectivity index (χ3n) is 6.84. The average molecular weight is 451 g/mol. The SMILES string of the molecule is O=C(O)CC1CCCN1CC(=O)N1CCc2c(n(Cc3cccc(F)c3)c3ncccc23)C1. The standard InChI is InChI=1S/C25H27FN4O3/c26-18-5-1-4-17(12-18)14-30-22-15-29(11-8-20(22)21-7-2-9-27-25(21)30)23(31)16-28-10-3-6-19(28)13-24(32)33/h1-2,4-5,7,9,12,19H,3,6,8,10-11,13-16H2,(H,32,33). The summed E-state index contributed by atoms with van der Waals surface area (Å²) in [4.78, 5) is 32.8. The minimum atomic E-state index is -0.823. The molecule has 172 valence electrons. The highest BCUT2D eigenvalue weighted by atomic mass is 19.1. The van der Waals surface area contributed by atoms with Gasteiger partial charge in [0.05, 0.1) is 19.5 Å². The third kappa shape index (κ3) is 4.35. The molecule has 0 spiro atoms. The molecular formula is C25H27FN4O3. The molecule has 1 atom stereocenters. The molecule has 2 aliphatic rings. The van der Waals surface area contributed by atoms with Gasteiger partial charge in [0.2, 0.25) is 5.91 Å². The number of hydrogen-bond donors (Lipinski definition) is 1. The summed E-state index contributed by atoms with van der Waals surface area (Å²) in [7, 11) is 0. The van der Waals surface area contributed by atoms with E-state index in [9.17, 15) is 14.0 Å². The molecule has 1 fully saturated rings. The maximum absolute atomic E-state index is 13.8. The van der Waals surface area contributed by atoms with Crippen LogP contribution in [0.3, 0.4) is 0 Å². The van der Waals surface area contributed by atoms with E-state index in [-0.39, 0.29) is 30.7 Å². The molecule has 0 aliphatic carbocycles. The van der Waals surface area contributed by atoms with Gasteiger partial charge in [0.25, 0.3) is 0 Å². The number of carbonyl (C=O) groups excluding carboxylic acids is 1. The number of halogens is 1. The molecule has 2 aromatic heterocycles. The van der Waals surface area contributed by atoms with Crippen LogP contribution in [-0.2, 0) is 29.1 Å². The Kier molecular flexibility index (Phi) is 5.85. The second-order valence-electron chi connectivity index (χ2n) is 8.95. The Morgan fingerprint density at radius 2 is 2.06 bits per heavy atom. The summed E-state index contributed by atoms with van der Waals surface area (Å²) in [6.07, 6.45) is 4.30. The molecule has 2 aliphatic heterocycles. The quantitative estimate of drug-likeness (QED) is 0.625. The zero-order chi connectivity index (χ0) is 22.9. The molecule has 7 nitrogen and oxygen atoms in total. The van der Waals surface area contributed by atoms with Gasteiger partial charge in [-0.1, -0.05) is 12.1 Å².